The van der Waals surface area contributed by atoms with Crippen LogP contribution in [0.1, 0.15) is 46.5 Å². The van der Waals surface area contributed by atoms with Crippen LogP contribution in [0, 0.1) is 0 Å². The molecule has 3 aliphatic heterocycles. The van der Waals surface area contributed by atoms with Crippen LogP contribution in [0.25, 0.3) is 0 Å². The number of hydrogen-bond donors (Lipinski definition) is 1. The van der Waals surface area contributed by atoms with Gasteiger partial charge in [0.1, 0.15) is 5.60 Å². The van der Waals surface area contributed by atoms with Gasteiger partial charge in [0.15, 0.2) is 10.7 Å². The van der Waals surface area contributed by atoms with Crippen LogP contribution in [0.5, 0.6) is 0 Å². The number of carbonyl (C=O) groups excluding carboxylic acids is 1. The molecule has 1 aromatic rings. The zero-order chi connectivity index (χ0) is 22.8. The topological polar surface area (TPSA) is 86.3 Å². The molecule has 3 fully saturated rings. The van der Waals surface area contributed by atoms with E-state index in [-0.39, 0.29) is 12.1 Å². The largest absolute Gasteiger partial charge is 0.593 e. The van der Waals surface area contributed by atoms with E-state index in [1.165, 1.54) is 0 Å². The minimum absolute atomic E-state index is 0.0464. The fourth-order valence-corrected chi connectivity index (χ4v) is 5.73. The second-order valence-corrected chi connectivity index (χ2v) is 11.2. The van der Waals surface area contributed by atoms with Crippen LogP contribution in [0.4, 0.5) is 10.5 Å². The molecule has 0 aliphatic carbocycles. The van der Waals surface area contributed by atoms with Gasteiger partial charge in [-0.3, -0.25) is 0 Å². The Morgan fingerprint density at radius 2 is 1.81 bits per heavy atom. The maximum Gasteiger partial charge on any atom is 0.407 e. The third-order valence-corrected chi connectivity index (χ3v) is 7.62. The van der Waals surface area contributed by atoms with Gasteiger partial charge in [-0.05, 0) is 45.7 Å². The van der Waals surface area contributed by atoms with E-state index < -0.39 is 22.8 Å². The normalized spacial score (nSPS) is 23.3. The van der Waals surface area contributed by atoms with Gasteiger partial charge in [0.25, 0.3) is 0 Å². The molecule has 3 heterocycles. The van der Waals surface area contributed by atoms with Gasteiger partial charge in [-0.15, -0.1) is 4.31 Å². The lowest BCUT2D eigenvalue weighted by Gasteiger charge is -2.38. The summed E-state index contributed by atoms with van der Waals surface area (Å²) < 4.78 is 32.2. The number of piperidine rings is 2. The van der Waals surface area contributed by atoms with Gasteiger partial charge in [0.05, 0.1) is 24.6 Å². The Morgan fingerprint density at radius 1 is 1.16 bits per heavy atom. The number of rotatable bonds is 4. The SMILES string of the molecule is CC(C)(C)OC(=O)NC1CCN([S+]([O-])c2cccc(N3CCC4(CC3)OCCO4)c2)CC1. The van der Waals surface area contributed by atoms with Crippen molar-refractivity contribution in [2.45, 2.75) is 68.8 Å². The van der Waals surface area contributed by atoms with Gasteiger partial charge >= 0.3 is 6.09 Å². The molecule has 9 heteroatoms. The Morgan fingerprint density at radius 3 is 2.44 bits per heavy atom. The molecule has 1 amide bonds. The highest BCUT2D eigenvalue weighted by Crippen LogP contribution is 2.34. The Hall–Kier alpha value is -1.52. The summed E-state index contributed by atoms with van der Waals surface area (Å²) in [4.78, 5) is 15.1. The average Bonchev–Trinajstić information content (AvgIpc) is 3.21. The predicted octanol–water partition coefficient (Wildman–Crippen LogP) is 3.04. The molecule has 3 saturated heterocycles. The molecule has 0 saturated carbocycles. The van der Waals surface area contributed by atoms with Crippen molar-refractivity contribution in [1.29, 1.82) is 0 Å². The average molecular weight is 466 g/mol. The van der Waals surface area contributed by atoms with Crippen LogP contribution in [0.3, 0.4) is 0 Å². The number of nitrogens with zero attached hydrogens (tertiary/aromatic N) is 2. The van der Waals surface area contributed by atoms with E-state index in [9.17, 15) is 9.35 Å². The molecular formula is C23H35N3O5S. The molecule has 1 spiro atoms. The number of anilines is 1. The van der Waals surface area contributed by atoms with E-state index in [0.29, 0.717) is 26.3 Å². The highest BCUT2D eigenvalue weighted by atomic mass is 32.2. The van der Waals surface area contributed by atoms with Crippen molar-refractivity contribution in [3.05, 3.63) is 24.3 Å². The highest BCUT2D eigenvalue weighted by molar-refractivity contribution is 7.89. The highest BCUT2D eigenvalue weighted by Gasteiger charge is 2.40. The van der Waals surface area contributed by atoms with E-state index >= 15 is 0 Å². The van der Waals surface area contributed by atoms with E-state index in [2.05, 4.69) is 16.3 Å². The molecule has 178 valence electrons. The molecule has 1 atom stereocenters. The van der Waals surface area contributed by atoms with Gasteiger partial charge in [-0.1, -0.05) is 6.07 Å². The molecule has 32 heavy (non-hydrogen) atoms. The monoisotopic (exact) mass is 465 g/mol. The minimum Gasteiger partial charge on any atom is -0.593 e. The van der Waals surface area contributed by atoms with Crippen molar-refractivity contribution in [1.82, 2.24) is 9.62 Å². The molecule has 4 rings (SSSR count). The summed E-state index contributed by atoms with van der Waals surface area (Å²) in [5.41, 5.74) is 0.578. The second-order valence-electron chi connectivity index (χ2n) is 9.69. The molecule has 3 aliphatic rings. The van der Waals surface area contributed by atoms with Crippen molar-refractivity contribution < 1.29 is 23.6 Å². The zero-order valence-electron chi connectivity index (χ0n) is 19.3. The summed E-state index contributed by atoms with van der Waals surface area (Å²) in [5.74, 6) is -0.394. The van der Waals surface area contributed by atoms with Gasteiger partial charge in [0.2, 0.25) is 0 Å². The summed E-state index contributed by atoms with van der Waals surface area (Å²) in [6.45, 7) is 9.96. The molecular weight excluding hydrogens is 430 g/mol. The van der Waals surface area contributed by atoms with Gasteiger partial charge in [0, 0.05) is 56.8 Å². The number of carbonyl (C=O) groups is 1. The van der Waals surface area contributed by atoms with Crippen LogP contribution >= 0.6 is 0 Å². The smallest absolute Gasteiger partial charge is 0.407 e. The summed E-state index contributed by atoms with van der Waals surface area (Å²) in [6, 6.07) is 8.07. The first-order valence-electron chi connectivity index (χ1n) is 11.5. The maximum atomic E-state index is 13.2. The van der Waals surface area contributed by atoms with Crippen LogP contribution < -0.4 is 10.2 Å². The van der Waals surface area contributed by atoms with Gasteiger partial charge < -0.3 is 29.0 Å². The van der Waals surface area contributed by atoms with Gasteiger partial charge in [-0.25, -0.2) is 4.79 Å². The standard InChI is InChI=1S/C23H35N3O5S/c1-22(2,3)31-21(27)24-18-7-11-26(12-8-18)32(28)20-6-4-5-19(17-20)25-13-9-23(10-14-25)29-15-16-30-23/h4-6,17-18H,7-16H2,1-3H3,(H,24,27). The molecule has 0 aromatic heterocycles. The fourth-order valence-electron chi connectivity index (χ4n) is 4.47. The quantitative estimate of drug-likeness (QED) is 0.684. The summed E-state index contributed by atoms with van der Waals surface area (Å²) >= 11 is -1.22. The summed E-state index contributed by atoms with van der Waals surface area (Å²) in [5, 5.41) is 2.93. The number of ether oxygens (including phenoxy) is 3. The predicted molar refractivity (Wildman–Crippen MR) is 123 cm³/mol. The van der Waals surface area contributed by atoms with Crippen molar-refractivity contribution in [2.75, 3.05) is 44.3 Å². The molecule has 1 unspecified atom stereocenters. The van der Waals surface area contributed by atoms with Crippen molar-refractivity contribution in [2.24, 2.45) is 0 Å². The zero-order valence-corrected chi connectivity index (χ0v) is 20.1. The minimum atomic E-state index is -1.22. The molecule has 0 radical (unpaired) electrons. The lowest BCUT2D eigenvalue weighted by molar-refractivity contribution is -0.169. The molecule has 8 nitrogen and oxygen atoms in total. The van der Waals surface area contributed by atoms with E-state index in [4.69, 9.17) is 14.2 Å². The molecule has 0 bridgehead atoms. The molecule has 1 aromatic carbocycles. The number of hydrogen-bond acceptors (Lipinski definition) is 7. The Labute approximate surface area is 193 Å². The lowest BCUT2D eigenvalue weighted by atomic mass is 10.0. The van der Waals surface area contributed by atoms with E-state index in [0.717, 1.165) is 49.4 Å². The van der Waals surface area contributed by atoms with Crippen LogP contribution in [0.2, 0.25) is 0 Å². The third-order valence-electron chi connectivity index (χ3n) is 6.13. The van der Waals surface area contributed by atoms with Crippen molar-refractivity contribution in [3.8, 4) is 0 Å². The van der Waals surface area contributed by atoms with Crippen LogP contribution in [0.15, 0.2) is 29.2 Å². The van der Waals surface area contributed by atoms with Crippen molar-refractivity contribution in [3.63, 3.8) is 0 Å². The molecule has 1 N–H and O–H groups in total. The first-order valence-corrected chi connectivity index (χ1v) is 12.6. The summed E-state index contributed by atoms with van der Waals surface area (Å²) in [6.07, 6.45) is 2.80. The first-order chi connectivity index (χ1) is 15.2. The first kappa shape index (κ1) is 23.6. The Balaban J connectivity index is 1.29. The number of benzene rings is 1. The number of amides is 1. The van der Waals surface area contributed by atoms with E-state index in [1.54, 1.807) is 0 Å². The number of alkyl carbamates (subject to hydrolysis) is 1. The van der Waals surface area contributed by atoms with E-state index in [1.807, 2.05) is 43.3 Å². The second kappa shape index (κ2) is 9.77. The number of nitrogens with one attached hydrogen (secondary N) is 1. The summed E-state index contributed by atoms with van der Waals surface area (Å²) in [7, 11) is 0. The fraction of sp³-hybridized carbons (Fsp3) is 0.696. The van der Waals surface area contributed by atoms with Crippen LogP contribution in [-0.2, 0) is 25.6 Å². The van der Waals surface area contributed by atoms with Gasteiger partial charge in [-0.2, -0.15) is 0 Å². The Bertz CT molecular complexity index is 778. The Kier molecular flexibility index (Phi) is 7.21. The van der Waals surface area contributed by atoms with Crippen molar-refractivity contribution >= 4 is 23.1 Å². The maximum absolute atomic E-state index is 13.2. The third kappa shape index (κ3) is 5.88. The lowest BCUT2D eigenvalue weighted by Crippen LogP contribution is -2.47. The van der Waals surface area contributed by atoms with Crippen LogP contribution in [-0.4, -0.2) is 71.8 Å².